The number of unbranched alkanes of at least 4 members (excludes halogenated alkanes) is 23. The van der Waals surface area contributed by atoms with Gasteiger partial charge in [-0.3, -0.25) is 27.7 Å². The fourth-order valence-electron chi connectivity index (χ4n) is 7.27. The van der Waals surface area contributed by atoms with Gasteiger partial charge in [0.1, 0.15) is 43.2 Å². The molecule has 0 aromatic heterocycles. The molecule has 19 nitrogen and oxygen atoms in total. The van der Waals surface area contributed by atoms with Crippen LogP contribution in [0, 0.1) is 0 Å². The van der Waals surface area contributed by atoms with E-state index in [2.05, 4.69) is 28.6 Å². The third-order valence-corrected chi connectivity index (χ3v) is 13.1. The molecule has 0 heterocycles. The number of phosphoric acid groups is 3. The van der Waals surface area contributed by atoms with Crippen molar-refractivity contribution < 1.29 is 90.6 Å². The van der Waals surface area contributed by atoms with Crippen molar-refractivity contribution in [2.24, 2.45) is 0 Å². The molecule has 1 aliphatic rings. The van der Waals surface area contributed by atoms with E-state index in [4.69, 9.17) is 18.5 Å². The molecule has 23 heteroatoms. The van der Waals surface area contributed by atoms with E-state index in [0.717, 1.165) is 70.0 Å². The number of aliphatic hydroxyl groups is 3. The Bertz CT molecular complexity index is 1310. The number of carbonyl (C=O) groups is 2. The first kappa shape index (κ1) is 60.5. The van der Waals surface area contributed by atoms with Gasteiger partial charge >= 0.3 is 35.4 Å². The summed E-state index contributed by atoms with van der Waals surface area (Å²) in [5.41, 5.74) is 0. The van der Waals surface area contributed by atoms with Crippen LogP contribution in [0.5, 0.6) is 0 Å². The van der Waals surface area contributed by atoms with Gasteiger partial charge in [0, 0.05) is 12.8 Å². The highest BCUT2D eigenvalue weighted by Crippen LogP contribution is 2.51. The Balaban J connectivity index is 2.76. The number of carbonyl (C=O) groups excluding carboxylic acids is 2. The van der Waals surface area contributed by atoms with Gasteiger partial charge in [-0.25, -0.2) is 13.7 Å². The fourth-order valence-corrected chi connectivity index (χ4v) is 9.60. The molecule has 0 aromatic rings. The molecule has 1 aliphatic carbocycles. The lowest BCUT2D eigenvalue weighted by Crippen LogP contribution is -2.65. The molecule has 0 aromatic carbocycles. The summed E-state index contributed by atoms with van der Waals surface area (Å²) in [6.07, 6.45) is 11.0. The van der Waals surface area contributed by atoms with Crippen molar-refractivity contribution in [1.82, 2.24) is 0 Å². The molecule has 8 atom stereocenters. The molecule has 0 saturated heterocycles. The molecule has 1 rings (SSSR count). The zero-order chi connectivity index (χ0) is 47.2. The maximum Gasteiger partial charge on any atom is 0.472 e. The van der Waals surface area contributed by atoms with E-state index in [1.54, 1.807) is 0 Å². The molecular weight excluding hydrogens is 909 g/mol. The van der Waals surface area contributed by atoms with Gasteiger partial charge < -0.3 is 49.3 Å². The Morgan fingerprint density at radius 3 is 1.19 bits per heavy atom. The molecule has 8 N–H and O–H groups in total. The molecule has 4 unspecified atom stereocenters. The van der Waals surface area contributed by atoms with Crippen molar-refractivity contribution in [2.45, 2.75) is 223 Å². The van der Waals surface area contributed by atoms with Crippen LogP contribution in [-0.2, 0) is 50.9 Å². The topological polar surface area (TPSA) is 303 Å². The molecule has 0 radical (unpaired) electrons. The zero-order valence-corrected chi connectivity index (χ0v) is 40.7. The van der Waals surface area contributed by atoms with E-state index < -0.39 is 91.3 Å². The molecule has 63 heavy (non-hydrogen) atoms. The highest BCUT2D eigenvalue weighted by Gasteiger charge is 2.56. The maximum atomic E-state index is 13.1. The monoisotopic (exact) mass is 988 g/mol. The summed E-state index contributed by atoms with van der Waals surface area (Å²) in [5.74, 6) is -0.373. The van der Waals surface area contributed by atoms with Crippen LogP contribution in [0.25, 0.3) is 0 Å². The third-order valence-electron chi connectivity index (χ3n) is 10.7. The van der Waals surface area contributed by atoms with Crippen molar-refractivity contribution in [2.75, 3.05) is 19.0 Å². The fraction of sp³-hybridized carbons (Fsp3) is 0.950. The van der Waals surface area contributed by atoms with Crippen molar-refractivity contribution >= 4 is 48.0 Å². The molecule has 0 bridgehead atoms. The van der Waals surface area contributed by atoms with E-state index in [1.807, 2.05) is 0 Å². The van der Waals surface area contributed by atoms with Gasteiger partial charge in [-0.2, -0.15) is 12.6 Å². The van der Waals surface area contributed by atoms with E-state index in [-0.39, 0.29) is 12.8 Å². The van der Waals surface area contributed by atoms with E-state index >= 15 is 0 Å². The third kappa shape index (κ3) is 31.2. The van der Waals surface area contributed by atoms with Gasteiger partial charge in [0.2, 0.25) is 0 Å². The summed E-state index contributed by atoms with van der Waals surface area (Å²) in [6.45, 7) is 0.703. The number of thiol groups is 1. The zero-order valence-electron chi connectivity index (χ0n) is 37.1. The Labute approximate surface area is 379 Å². The van der Waals surface area contributed by atoms with Crippen LogP contribution >= 0.6 is 36.1 Å². The Hall–Kier alpha value is -0.500. The van der Waals surface area contributed by atoms with Gasteiger partial charge in [-0.1, -0.05) is 148 Å². The van der Waals surface area contributed by atoms with Gasteiger partial charge in [0.15, 0.2) is 6.10 Å². The van der Waals surface area contributed by atoms with E-state index in [1.165, 1.54) is 83.5 Å². The smallest absolute Gasteiger partial charge is 0.462 e. The highest BCUT2D eigenvalue weighted by atomic mass is 32.1. The summed E-state index contributed by atoms with van der Waals surface area (Å²) in [5, 5.41) is 31.8. The number of ether oxygens (including phenoxy) is 2. The number of esters is 2. The van der Waals surface area contributed by atoms with Crippen molar-refractivity contribution in [3.8, 4) is 0 Å². The minimum atomic E-state index is -5.55. The van der Waals surface area contributed by atoms with E-state index in [9.17, 15) is 63.1 Å². The van der Waals surface area contributed by atoms with Crippen molar-refractivity contribution in [1.29, 1.82) is 0 Å². The van der Waals surface area contributed by atoms with Crippen LogP contribution in [0.15, 0.2) is 0 Å². The highest BCUT2D eigenvalue weighted by molar-refractivity contribution is 7.80. The average molecular weight is 989 g/mol. The second kappa shape index (κ2) is 34.7. The van der Waals surface area contributed by atoms with Gasteiger partial charge in [0.05, 0.1) is 6.61 Å². The standard InChI is InChI=1S/C40H79O19P3S/c1-2-3-4-5-6-7-8-9-13-16-19-22-25-28-34(42)56-32(30-54-33(41)27-24-21-18-15-12-10-11-14-17-20-23-26-29-63)31-55-62(52,53)59-40-36(44)38(57-60(46,47)48)35(43)39(37(40)45)58-61(49,50)51/h32,35-40,43-45,63H,2-31H2,1H3,(H,52,53)(H2,46,47,48)(H2,49,50,51)/t32-,35?,36-,37?,38-,39+,40?/m1/s1. The number of aliphatic hydroxyl groups excluding tert-OH is 3. The number of hydrogen-bond donors (Lipinski definition) is 9. The minimum absolute atomic E-state index is 0.00336. The van der Waals surface area contributed by atoms with Crippen LogP contribution in [-0.4, -0.2) is 113 Å². The Morgan fingerprint density at radius 1 is 0.492 bits per heavy atom. The summed E-state index contributed by atoms with van der Waals surface area (Å²) in [7, 11) is -16.6. The van der Waals surface area contributed by atoms with Crippen LogP contribution in [0.2, 0.25) is 0 Å². The van der Waals surface area contributed by atoms with Crippen molar-refractivity contribution in [3.63, 3.8) is 0 Å². The van der Waals surface area contributed by atoms with Crippen molar-refractivity contribution in [3.05, 3.63) is 0 Å². The van der Waals surface area contributed by atoms with Crippen LogP contribution in [0.1, 0.15) is 180 Å². The minimum Gasteiger partial charge on any atom is -0.462 e. The van der Waals surface area contributed by atoms with Crippen LogP contribution in [0.3, 0.4) is 0 Å². The largest absolute Gasteiger partial charge is 0.472 e. The number of hydrogen-bond acceptors (Lipinski definition) is 15. The normalized spacial score (nSPS) is 22.1. The lowest BCUT2D eigenvalue weighted by atomic mass is 9.85. The van der Waals surface area contributed by atoms with E-state index in [0.29, 0.717) is 12.8 Å². The first-order valence-electron chi connectivity index (χ1n) is 22.9. The molecule has 0 aliphatic heterocycles. The quantitative estimate of drug-likeness (QED) is 0.0124. The molecule has 1 fully saturated rings. The number of rotatable bonds is 40. The lowest BCUT2D eigenvalue weighted by molar-refractivity contribution is -0.213. The van der Waals surface area contributed by atoms with Crippen LogP contribution in [0.4, 0.5) is 0 Å². The second-order valence-electron chi connectivity index (χ2n) is 16.4. The average Bonchev–Trinajstić information content (AvgIpc) is 3.20. The summed E-state index contributed by atoms with van der Waals surface area (Å²) >= 11 is 4.24. The molecular formula is C40H79O19P3S. The maximum absolute atomic E-state index is 13.1. The van der Waals surface area contributed by atoms with Gasteiger partial charge in [-0.15, -0.1) is 0 Å². The van der Waals surface area contributed by atoms with Gasteiger partial charge in [0.25, 0.3) is 0 Å². The lowest BCUT2D eigenvalue weighted by Gasteiger charge is -2.44. The SMILES string of the molecule is CCCCCCCCCCCCCCCC(=O)O[C@H](COC(=O)CCCCCCCCCCCCCCS)COP(=O)(O)OC1C(O)[C@@H](OP(=O)(O)O)C(O)[C@@H](OP(=O)(O)O)[C@H]1O. The molecule has 0 amide bonds. The summed E-state index contributed by atoms with van der Waals surface area (Å²) in [6, 6.07) is 0. The first-order chi connectivity index (χ1) is 29.8. The Kier molecular flexibility index (Phi) is 33.4. The Morgan fingerprint density at radius 2 is 0.825 bits per heavy atom. The predicted molar refractivity (Wildman–Crippen MR) is 238 cm³/mol. The predicted octanol–water partition coefficient (Wildman–Crippen LogP) is 7.48. The summed E-state index contributed by atoms with van der Waals surface area (Å²) in [4.78, 5) is 73.1. The molecule has 0 spiro atoms. The molecule has 1 saturated carbocycles. The molecule has 374 valence electrons. The first-order valence-corrected chi connectivity index (χ1v) is 28.1. The summed E-state index contributed by atoms with van der Waals surface area (Å²) < 4.78 is 65.4. The van der Waals surface area contributed by atoms with Gasteiger partial charge in [-0.05, 0) is 25.0 Å². The second-order valence-corrected chi connectivity index (χ2v) is 20.7. The number of phosphoric ester groups is 3. The van der Waals surface area contributed by atoms with Crippen LogP contribution < -0.4 is 0 Å².